The largest absolute Gasteiger partial charge is 0.459 e. The van der Waals surface area contributed by atoms with Crippen molar-refractivity contribution in [2.24, 2.45) is 0 Å². The van der Waals surface area contributed by atoms with Crippen molar-refractivity contribution in [2.45, 2.75) is 19.9 Å². The highest BCUT2D eigenvalue weighted by atomic mass is 16.5. The van der Waals surface area contributed by atoms with E-state index in [9.17, 15) is 9.59 Å². The van der Waals surface area contributed by atoms with Crippen molar-refractivity contribution in [1.82, 2.24) is 15.4 Å². The zero-order valence-electron chi connectivity index (χ0n) is 12.0. The summed E-state index contributed by atoms with van der Waals surface area (Å²) in [5, 5.41) is 6.45. The van der Waals surface area contributed by atoms with Gasteiger partial charge in [-0.05, 0) is 19.1 Å². The van der Waals surface area contributed by atoms with E-state index in [1.165, 1.54) is 11.2 Å². The average molecular weight is 291 g/mol. The molecular weight excluding hydrogens is 274 g/mol. The van der Waals surface area contributed by atoms with Crippen LogP contribution >= 0.6 is 0 Å². The summed E-state index contributed by atoms with van der Waals surface area (Å²) >= 11 is 0. The lowest BCUT2D eigenvalue weighted by atomic mass is 10.3. The third-order valence-electron chi connectivity index (χ3n) is 2.87. The monoisotopic (exact) mass is 291 g/mol. The Morgan fingerprint density at radius 1 is 1.43 bits per heavy atom. The van der Waals surface area contributed by atoms with Gasteiger partial charge in [-0.2, -0.15) is 0 Å². The maximum atomic E-state index is 11.9. The van der Waals surface area contributed by atoms with E-state index in [1.807, 2.05) is 0 Å². The molecule has 2 aromatic rings. The number of nitrogens with zero attached hydrogens (tertiary/aromatic N) is 2. The number of nitrogens with one attached hydrogen (secondary N) is 1. The molecule has 21 heavy (non-hydrogen) atoms. The van der Waals surface area contributed by atoms with Gasteiger partial charge in [-0.3, -0.25) is 9.59 Å². The highest BCUT2D eigenvalue weighted by Crippen LogP contribution is 2.05. The van der Waals surface area contributed by atoms with Crippen molar-refractivity contribution >= 4 is 11.8 Å². The van der Waals surface area contributed by atoms with Crippen LogP contribution in [0.2, 0.25) is 0 Å². The molecule has 0 aromatic carbocycles. The Hall–Kier alpha value is -2.57. The first-order valence-corrected chi connectivity index (χ1v) is 6.54. The third kappa shape index (κ3) is 4.20. The zero-order chi connectivity index (χ0) is 15.2. The molecule has 0 aliphatic rings. The molecule has 2 heterocycles. The second-order valence-corrected chi connectivity index (χ2v) is 4.66. The molecule has 0 saturated heterocycles. The number of hydrogen-bond acceptors (Lipinski definition) is 5. The van der Waals surface area contributed by atoms with Crippen LogP contribution in [0, 0.1) is 6.92 Å². The maximum absolute atomic E-state index is 11.9. The highest BCUT2D eigenvalue weighted by molar-refractivity contribution is 5.91. The molecule has 7 nitrogen and oxygen atoms in total. The molecule has 0 spiro atoms. The Morgan fingerprint density at radius 2 is 2.24 bits per heavy atom. The van der Waals surface area contributed by atoms with E-state index in [1.54, 1.807) is 32.2 Å². The van der Waals surface area contributed by atoms with E-state index < -0.39 is 0 Å². The first kappa shape index (κ1) is 14.8. The SMILES string of the molecule is Cc1cc(CN(C)C(=O)CCNC(=O)c2ccco2)no1. The lowest BCUT2D eigenvalue weighted by Gasteiger charge is -2.15. The molecule has 2 amide bonds. The minimum Gasteiger partial charge on any atom is -0.459 e. The molecule has 0 atom stereocenters. The number of carbonyl (C=O) groups excluding carboxylic acids is 2. The first-order valence-electron chi connectivity index (χ1n) is 6.54. The lowest BCUT2D eigenvalue weighted by molar-refractivity contribution is -0.130. The molecule has 0 aliphatic heterocycles. The molecule has 0 bridgehead atoms. The van der Waals surface area contributed by atoms with Gasteiger partial charge in [0, 0.05) is 26.1 Å². The Labute approximate surface area is 121 Å². The zero-order valence-corrected chi connectivity index (χ0v) is 12.0. The summed E-state index contributed by atoms with van der Waals surface area (Å²) in [6.45, 7) is 2.42. The molecule has 0 fully saturated rings. The van der Waals surface area contributed by atoms with E-state index in [0.717, 1.165) is 0 Å². The van der Waals surface area contributed by atoms with Gasteiger partial charge >= 0.3 is 0 Å². The van der Waals surface area contributed by atoms with Crippen LogP contribution < -0.4 is 5.32 Å². The van der Waals surface area contributed by atoms with Gasteiger partial charge in [-0.15, -0.1) is 0 Å². The van der Waals surface area contributed by atoms with Gasteiger partial charge in [0.25, 0.3) is 5.91 Å². The fraction of sp³-hybridized carbons (Fsp3) is 0.357. The Bertz CT molecular complexity index is 604. The smallest absolute Gasteiger partial charge is 0.286 e. The van der Waals surface area contributed by atoms with Crippen LogP contribution in [-0.2, 0) is 11.3 Å². The summed E-state index contributed by atoms with van der Waals surface area (Å²) in [4.78, 5) is 25.1. The molecule has 2 aromatic heterocycles. The molecule has 7 heteroatoms. The van der Waals surface area contributed by atoms with E-state index in [4.69, 9.17) is 8.94 Å². The predicted octanol–water partition coefficient (Wildman–Crippen LogP) is 1.35. The van der Waals surface area contributed by atoms with Crippen LogP contribution in [0.4, 0.5) is 0 Å². The Kier molecular flexibility index (Phi) is 4.76. The van der Waals surface area contributed by atoms with E-state index >= 15 is 0 Å². The minimum absolute atomic E-state index is 0.0876. The van der Waals surface area contributed by atoms with E-state index in [-0.39, 0.29) is 30.5 Å². The fourth-order valence-electron chi connectivity index (χ4n) is 1.79. The molecule has 0 unspecified atom stereocenters. The van der Waals surface area contributed by atoms with Gasteiger partial charge in [0.15, 0.2) is 5.76 Å². The van der Waals surface area contributed by atoms with Gasteiger partial charge in [0.1, 0.15) is 11.5 Å². The number of aromatic nitrogens is 1. The van der Waals surface area contributed by atoms with Gasteiger partial charge < -0.3 is 19.2 Å². The minimum atomic E-state index is -0.331. The number of furan rings is 1. The summed E-state index contributed by atoms with van der Waals surface area (Å²) in [6, 6.07) is 4.98. The first-order chi connectivity index (χ1) is 10.1. The quantitative estimate of drug-likeness (QED) is 0.868. The number of aryl methyl sites for hydroxylation is 1. The second-order valence-electron chi connectivity index (χ2n) is 4.66. The summed E-state index contributed by atoms with van der Waals surface area (Å²) < 4.78 is 9.90. The normalized spacial score (nSPS) is 10.4. The van der Waals surface area contributed by atoms with Crippen molar-refractivity contribution in [2.75, 3.05) is 13.6 Å². The van der Waals surface area contributed by atoms with E-state index in [0.29, 0.717) is 18.0 Å². The number of rotatable bonds is 6. The summed E-state index contributed by atoms with van der Waals surface area (Å²) in [5.41, 5.74) is 0.697. The van der Waals surface area contributed by atoms with Crippen LogP contribution in [0.5, 0.6) is 0 Å². The fourth-order valence-corrected chi connectivity index (χ4v) is 1.79. The Balaban J connectivity index is 1.72. The summed E-state index contributed by atoms with van der Waals surface area (Å²) in [6.07, 6.45) is 1.63. The molecule has 1 N–H and O–H groups in total. The average Bonchev–Trinajstić information content (AvgIpc) is 3.10. The van der Waals surface area contributed by atoms with Gasteiger partial charge in [-0.1, -0.05) is 5.16 Å². The topological polar surface area (TPSA) is 88.6 Å². The summed E-state index contributed by atoms with van der Waals surface area (Å²) in [7, 11) is 1.68. The van der Waals surface area contributed by atoms with Gasteiger partial charge in [-0.25, -0.2) is 0 Å². The van der Waals surface area contributed by atoms with Crippen LogP contribution in [0.1, 0.15) is 28.4 Å². The van der Waals surface area contributed by atoms with Crippen molar-refractivity contribution in [3.8, 4) is 0 Å². The van der Waals surface area contributed by atoms with Crippen molar-refractivity contribution in [3.05, 3.63) is 41.7 Å². The Morgan fingerprint density at radius 3 is 2.86 bits per heavy atom. The van der Waals surface area contributed by atoms with Crippen LogP contribution in [-0.4, -0.2) is 35.5 Å². The van der Waals surface area contributed by atoms with Crippen LogP contribution in [0.3, 0.4) is 0 Å². The second kappa shape index (κ2) is 6.74. The van der Waals surface area contributed by atoms with Crippen molar-refractivity contribution in [3.63, 3.8) is 0 Å². The molecular formula is C14H17N3O4. The lowest BCUT2D eigenvalue weighted by Crippen LogP contribution is -2.31. The maximum Gasteiger partial charge on any atom is 0.286 e. The van der Waals surface area contributed by atoms with Gasteiger partial charge in [0.05, 0.1) is 12.8 Å². The molecule has 0 saturated carbocycles. The van der Waals surface area contributed by atoms with E-state index in [2.05, 4.69) is 10.5 Å². The number of carbonyl (C=O) groups is 2. The van der Waals surface area contributed by atoms with Crippen molar-refractivity contribution < 1.29 is 18.5 Å². The molecule has 0 aliphatic carbocycles. The number of amides is 2. The van der Waals surface area contributed by atoms with Gasteiger partial charge in [0.2, 0.25) is 5.91 Å². The van der Waals surface area contributed by atoms with Crippen molar-refractivity contribution in [1.29, 1.82) is 0 Å². The standard InChI is InChI=1S/C14H17N3O4/c1-10-8-11(16-21-10)9-17(2)13(18)5-6-15-14(19)12-4-3-7-20-12/h3-4,7-8H,5-6,9H2,1-2H3,(H,15,19). The molecule has 0 radical (unpaired) electrons. The highest BCUT2D eigenvalue weighted by Gasteiger charge is 2.13. The summed E-state index contributed by atoms with van der Waals surface area (Å²) in [5.74, 6) is 0.517. The van der Waals surface area contributed by atoms with Crippen LogP contribution in [0.15, 0.2) is 33.4 Å². The number of hydrogen-bond donors (Lipinski definition) is 1. The van der Waals surface area contributed by atoms with Crippen LogP contribution in [0.25, 0.3) is 0 Å². The third-order valence-corrected chi connectivity index (χ3v) is 2.87. The molecule has 2 rings (SSSR count). The molecule has 112 valence electrons. The predicted molar refractivity (Wildman–Crippen MR) is 73.4 cm³/mol.